The second kappa shape index (κ2) is 11.3. The number of thiol groups is 1. The number of aliphatic hydroxyl groups excluding tert-OH is 1. The van der Waals surface area contributed by atoms with E-state index in [4.69, 9.17) is 15.9 Å². The number of carbonyl (C=O) groups excluding carboxylic acids is 3. The van der Waals surface area contributed by atoms with E-state index < -0.39 is 66.9 Å². The first-order valence-electron chi connectivity index (χ1n) is 7.37. The van der Waals surface area contributed by atoms with Gasteiger partial charge in [-0.25, -0.2) is 4.79 Å². The number of hydrogen-bond acceptors (Lipinski definition) is 8. The maximum Gasteiger partial charge on any atom is 0.326 e. The van der Waals surface area contributed by atoms with E-state index in [9.17, 15) is 29.1 Å². The van der Waals surface area contributed by atoms with Gasteiger partial charge in [0.05, 0.1) is 19.1 Å². The van der Waals surface area contributed by atoms with E-state index >= 15 is 0 Å². The van der Waals surface area contributed by atoms with E-state index in [2.05, 4.69) is 23.3 Å². The number of rotatable bonds is 11. The molecule has 0 radical (unpaired) electrons. The number of nitrogens with two attached hydrogens (primary N) is 1. The predicted molar refractivity (Wildman–Crippen MR) is 90.3 cm³/mol. The molecular weight excluding hydrogens is 372 g/mol. The molecule has 0 aromatic heterocycles. The lowest BCUT2D eigenvalue weighted by atomic mass is 10.1. The molecule has 3 amide bonds. The van der Waals surface area contributed by atoms with Crippen molar-refractivity contribution in [2.75, 3.05) is 12.3 Å². The lowest BCUT2D eigenvalue weighted by molar-refractivity contribution is -0.147. The van der Waals surface area contributed by atoms with E-state index in [1.165, 1.54) is 6.92 Å². The highest BCUT2D eigenvalue weighted by Gasteiger charge is 2.31. The van der Waals surface area contributed by atoms with E-state index in [-0.39, 0.29) is 5.75 Å². The Morgan fingerprint density at radius 2 is 1.54 bits per heavy atom. The molecule has 0 rings (SSSR count). The van der Waals surface area contributed by atoms with E-state index in [1.807, 2.05) is 5.32 Å². The smallest absolute Gasteiger partial charge is 0.326 e. The summed E-state index contributed by atoms with van der Waals surface area (Å²) in [6, 6.07) is -4.45. The first-order valence-corrected chi connectivity index (χ1v) is 8.00. The van der Waals surface area contributed by atoms with Crippen LogP contribution in [0.4, 0.5) is 0 Å². The fourth-order valence-electron chi connectivity index (χ4n) is 1.74. The third-order valence-corrected chi connectivity index (χ3v) is 3.44. The molecule has 0 spiro atoms. The van der Waals surface area contributed by atoms with Gasteiger partial charge in [0.25, 0.3) is 0 Å². The quantitative estimate of drug-likeness (QED) is 0.162. The summed E-state index contributed by atoms with van der Waals surface area (Å²) in [6.45, 7) is 0.798. The molecule has 0 fully saturated rings. The highest BCUT2D eigenvalue weighted by Crippen LogP contribution is 1.99. The Bertz CT molecular complexity index is 556. The van der Waals surface area contributed by atoms with Crippen molar-refractivity contribution in [1.29, 1.82) is 0 Å². The van der Waals surface area contributed by atoms with Gasteiger partial charge in [0.2, 0.25) is 17.7 Å². The number of hydrogen-bond donors (Lipinski definition) is 8. The van der Waals surface area contributed by atoms with Gasteiger partial charge in [-0.05, 0) is 6.92 Å². The van der Waals surface area contributed by atoms with E-state index in [0.717, 1.165) is 0 Å². The number of amides is 3. The molecule has 0 aliphatic rings. The fraction of sp³-hybridized carbons (Fsp3) is 0.615. The number of carboxylic acid groups (broad SMARTS) is 2. The van der Waals surface area contributed by atoms with Crippen LogP contribution in [-0.2, 0) is 24.0 Å². The van der Waals surface area contributed by atoms with Crippen molar-refractivity contribution in [3.63, 3.8) is 0 Å². The first kappa shape index (κ1) is 23.6. The summed E-state index contributed by atoms with van der Waals surface area (Å²) in [6.07, 6.45) is -2.18. The number of aliphatic hydroxyl groups is 1. The molecule has 0 aromatic carbocycles. The molecule has 0 bridgehead atoms. The molecule has 26 heavy (non-hydrogen) atoms. The number of aliphatic carboxylic acids is 2. The van der Waals surface area contributed by atoms with Gasteiger partial charge in [0.15, 0.2) is 0 Å². The average molecular weight is 394 g/mol. The normalized spacial score (nSPS) is 15.1. The van der Waals surface area contributed by atoms with Crippen LogP contribution in [0.5, 0.6) is 0 Å². The molecule has 8 N–H and O–H groups in total. The van der Waals surface area contributed by atoms with Crippen molar-refractivity contribution in [3.8, 4) is 0 Å². The summed E-state index contributed by atoms with van der Waals surface area (Å²) < 4.78 is 0. The summed E-state index contributed by atoms with van der Waals surface area (Å²) in [5.74, 6) is -5.90. The molecule has 13 heteroatoms. The third kappa shape index (κ3) is 8.13. The number of nitrogens with one attached hydrogen (secondary N) is 3. The van der Waals surface area contributed by atoms with Crippen molar-refractivity contribution in [2.45, 2.75) is 37.6 Å². The zero-order valence-electron chi connectivity index (χ0n) is 13.8. The van der Waals surface area contributed by atoms with Crippen LogP contribution in [0.3, 0.4) is 0 Å². The van der Waals surface area contributed by atoms with E-state index in [0.29, 0.717) is 0 Å². The van der Waals surface area contributed by atoms with Gasteiger partial charge in [0.1, 0.15) is 18.1 Å². The highest BCUT2D eigenvalue weighted by molar-refractivity contribution is 7.80. The second-order valence-corrected chi connectivity index (χ2v) is 5.60. The fourth-order valence-corrected chi connectivity index (χ4v) is 2.00. The lowest BCUT2D eigenvalue weighted by Crippen LogP contribution is -2.59. The van der Waals surface area contributed by atoms with Crippen molar-refractivity contribution >= 4 is 42.3 Å². The minimum Gasteiger partial charge on any atom is -0.481 e. The van der Waals surface area contributed by atoms with Gasteiger partial charge >= 0.3 is 11.9 Å². The van der Waals surface area contributed by atoms with Gasteiger partial charge in [-0.15, -0.1) is 0 Å². The molecule has 0 saturated carbocycles. The zero-order valence-corrected chi connectivity index (χ0v) is 14.7. The summed E-state index contributed by atoms with van der Waals surface area (Å²) >= 11 is 3.87. The van der Waals surface area contributed by atoms with Crippen LogP contribution in [-0.4, -0.2) is 81.5 Å². The minimum atomic E-state index is -1.70. The molecule has 0 aromatic rings. The minimum absolute atomic E-state index is 0.256. The molecule has 12 nitrogen and oxygen atoms in total. The van der Waals surface area contributed by atoms with Crippen LogP contribution >= 0.6 is 12.6 Å². The average Bonchev–Trinajstić information content (AvgIpc) is 2.55. The standard InChI is InChI=1S/C13H22N4O8S/c1-5(18)10(17-8(19)3-14)12(23)16-7(4-26)11(22)15-6(13(24)25)2-9(20)21/h5-7,10,18,26H,2-4,14H2,1H3,(H,15,22)(H,16,23)(H,17,19)(H,20,21)(H,24,25). The Morgan fingerprint density at radius 3 is 1.92 bits per heavy atom. The molecule has 0 aliphatic heterocycles. The van der Waals surface area contributed by atoms with Gasteiger partial charge in [-0.3, -0.25) is 19.2 Å². The highest BCUT2D eigenvalue weighted by atomic mass is 32.1. The van der Waals surface area contributed by atoms with Gasteiger partial charge in [-0.1, -0.05) is 0 Å². The SMILES string of the molecule is CC(O)C(NC(=O)CN)C(=O)NC(CS)C(=O)NC(CC(=O)O)C(=O)O. The van der Waals surface area contributed by atoms with Crippen LogP contribution in [0.25, 0.3) is 0 Å². The van der Waals surface area contributed by atoms with Crippen LogP contribution in [0.2, 0.25) is 0 Å². The maximum absolute atomic E-state index is 12.2. The van der Waals surface area contributed by atoms with Crippen LogP contribution < -0.4 is 21.7 Å². The van der Waals surface area contributed by atoms with Crippen LogP contribution in [0.15, 0.2) is 0 Å². The monoisotopic (exact) mass is 394 g/mol. The summed E-state index contributed by atoms with van der Waals surface area (Å²) in [4.78, 5) is 57.1. The topological polar surface area (TPSA) is 208 Å². The summed E-state index contributed by atoms with van der Waals surface area (Å²) in [5, 5.41) is 33.5. The largest absolute Gasteiger partial charge is 0.481 e. The predicted octanol–water partition coefficient (Wildman–Crippen LogP) is -3.73. The molecule has 0 saturated heterocycles. The van der Waals surface area contributed by atoms with Crippen molar-refractivity contribution in [3.05, 3.63) is 0 Å². The van der Waals surface area contributed by atoms with Crippen molar-refractivity contribution in [2.24, 2.45) is 5.73 Å². The molecule has 0 heterocycles. The molecule has 148 valence electrons. The summed E-state index contributed by atoms with van der Waals surface area (Å²) in [5.41, 5.74) is 5.11. The van der Waals surface area contributed by atoms with Crippen LogP contribution in [0.1, 0.15) is 13.3 Å². The number of carboxylic acids is 2. The van der Waals surface area contributed by atoms with Crippen LogP contribution in [0, 0.1) is 0 Å². The molecule has 4 atom stereocenters. The first-order chi connectivity index (χ1) is 12.0. The second-order valence-electron chi connectivity index (χ2n) is 5.23. The lowest BCUT2D eigenvalue weighted by Gasteiger charge is -2.24. The third-order valence-electron chi connectivity index (χ3n) is 3.08. The van der Waals surface area contributed by atoms with Gasteiger partial charge < -0.3 is 37.0 Å². The summed E-state index contributed by atoms with van der Waals surface area (Å²) in [7, 11) is 0. The maximum atomic E-state index is 12.2. The Kier molecular flexibility index (Phi) is 10.2. The van der Waals surface area contributed by atoms with Gasteiger partial charge in [-0.2, -0.15) is 12.6 Å². The number of carbonyl (C=O) groups is 5. The zero-order chi connectivity index (χ0) is 20.4. The Morgan fingerprint density at radius 1 is 1.00 bits per heavy atom. The van der Waals surface area contributed by atoms with Crippen molar-refractivity contribution < 1.29 is 39.3 Å². The molecule has 4 unspecified atom stereocenters. The Balaban J connectivity index is 5.06. The van der Waals surface area contributed by atoms with Crippen molar-refractivity contribution in [1.82, 2.24) is 16.0 Å². The Hall–Kier alpha value is -2.38. The van der Waals surface area contributed by atoms with E-state index in [1.54, 1.807) is 0 Å². The molecule has 0 aliphatic carbocycles. The molecular formula is C13H22N4O8S. The Labute approximate surface area is 153 Å². The van der Waals surface area contributed by atoms with Gasteiger partial charge in [0, 0.05) is 5.75 Å².